The molecule has 0 aliphatic carbocycles. The molecule has 0 aliphatic rings. The maximum absolute atomic E-state index is 12.7. The third-order valence-electron chi connectivity index (χ3n) is 4.14. The molecule has 0 fully saturated rings. The first-order valence-electron chi connectivity index (χ1n) is 8.82. The minimum atomic E-state index is -3.60. The van der Waals surface area contributed by atoms with Crippen LogP contribution in [0.3, 0.4) is 0 Å². The Morgan fingerprint density at radius 1 is 1.04 bits per heavy atom. The molecule has 2 amide bonds. The molecule has 1 aromatic carbocycles. The van der Waals surface area contributed by atoms with Crippen molar-refractivity contribution in [2.24, 2.45) is 0 Å². The number of amides is 2. The summed E-state index contributed by atoms with van der Waals surface area (Å²) in [6.45, 7) is 6.24. The molecule has 0 saturated heterocycles. The Kier molecular flexibility index (Phi) is 8.39. The van der Waals surface area contributed by atoms with Crippen molar-refractivity contribution in [3.8, 4) is 0 Å². The number of rotatable bonds is 9. The number of benzene rings is 1. The van der Waals surface area contributed by atoms with E-state index in [0.717, 1.165) is 5.56 Å². The molecule has 0 heterocycles. The van der Waals surface area contributed by atoms with E-state index < -0.39 is 10.0 Å². The lowest BCUT2D eigenvalue weighted by atomic mass is 10.2. The highest BCUT2D eigenvalue weighted by Gasteiger charge is 2.22. The molecule has 1 aromatic rings. The van der Waals surface area contributed by atoms with E-state index in [-0.39, 0.29) is 29.8 Å². The Bertz CT molecular complexity index is 774. The number of hydrogen-bond acceptors (Lipinski definition) is 5. The molecule has 1 rings (SSSR count). The van der Waals surface area contributed by atoms with Crippen molar-refractivity contribution in [3.05, 3.63) is 23.8 Å². The second-order valence-corrected chi connectivity index (χ2v) is 8.51. The van der Waals surface area contributed by atoms with E-state index in [1.165, 1.54) is 15.3 Å². The van der Waals surface area contributed by atoms with Gasteiger partial charge in [0.2, 0.25) is 21.8 Å². The van der Waals surface area contributed by atoms with Gasteiger partial charge in [-0.15, -0.1) is 0 Å². The average Bonchev–Trinajstić information content (AvgIpc) is 2.57. The zero-order chi connectivity index (χ0) is 20.8. The van der Waals surface area contributed by atoms with Gasteiger partial charge in [-0.25, -0.2) is 8.42 Å². The van der Waals surface area contributed by atoms with Gasteiger partial charge in [0, 0.05) is 32.9 Å². The Balaban J connectivity index is 2.92. The van der Waals surface area contributed by atoms with E-state index in [0.29, 0.717) is 18.8 Å². The van der Waals surface area contributed by atoms with E-state index in [2.05, 4.69) is 5.32 Å². The number of anilines is 1. The van der Waals surface area contributed by atoms with Crippen molar-refractivity contribution in [2.75, 3.05) is 52.6 Å². The fraction of sp³-hybridized carbons (Fsp3) is 0.556. The number of sulfonamides is 1. The minimum absolute atomic E-state index is 0.0199. The van der Waals surface area contributed by atoms with E-state index in [9.17, 15) is 18.0 Å². The Morgan fingerprint density at radius 3 is 2.15 bits per heavy atom. The molecule has 152 valence electrons. The van der Waals surface area contributed by atoms with Crippen molar-refractivity contribution in [3.63, 3.8) is 0 Å². The molecule has 8 nitrogen and oxygen atoms in total. The normalized spacial score (nSPS) is 11.7. The van der Waals surface area contributed by atoms with Crippen LogP contribution in [0.2, 0.25) is 0 Å². The van der Waals surface area contributed by atoms with E-state index >= 15 is 0 Å². The summed E-state index contributed by atoms with van der Waals surface area (Å²) in [5, 5.41) is 2.74. The number of nitrogens with zero attached hydrogens (tertiary/aromatic N) is 3. The molecule has 0 aliphatic heterocycles. The van der Waals surface area contributed by atoms with E-state index in [1.807, 2.05) is 0 Å². The Labute approximate surface area is 162 Å². The topological polar surface area (TPSA) is 90.0 Å². The first-order valence-corrected chi connectivity index (χ1v) is 10.3. The highest BCUT2D eigenvalue weighted by molar-refractivity contribution is 7.89. The Morgan fingerprint density at radius 2 is 1.63 bits per heavy atom. The summed E-state index contributed by atoms with van der Waals surface area (Å²) in [5.74, 6) is -0.418. The summed E-state index contributed by atoms with van der Waals surface area (Å²) in [4.78, 5) is 27.2. The number of carbonyl (C=O) groups excluding carboxylic acids is 2. The fourth-order valence-electron chi connectivity index (χ4n) is 2.47. The maximum Gasteiger partial charge on any atom is 0.243 e. The molecule has 9 heteroatoms. The lowest BCUT2D eigenvalue weighted by Gasteiger charge is -2.20. The van der Waals surface area contributed by atoms with Crippen LogP contribution in [0.25, 0.3) is 0 Å². The fourth-order valence-corrected chi connectivity index (χ4v) is 3.96. The summed E-state index contributed by atoms with van der Waals surface area (Å²) in [5.41, 5.74) is 1.20. The van der Waals surface area contributed by atoms with Gasteiger partial charge < -0.3 is 10.2 Å². The van der Waals surface area contributed by atoms with Crippen LogP contribution in [0.15, 0.2) is 23.1 Å². The molecule has 0 radical (unpaired) electrons. The first-order chi connectivity index (χ1) is 12.5. The Hall–Kier alpha value is -1.97. The predicted molar refractivity (Wildman–Crippen MR) is 106 cm³/mol. The predicted octanol–water partition coefficient (Wildman–Crippen LogP) is 0.984. The van der Waals surface area contributed by atoms with Crippen molar-refractivity contribution >= 4 is 27.5 Å². The number of aryl methyl sites for hydroxylation is 1. The van der Waals surface area contributed by atoms with Crippen LogP contribution < -0.4 is 5.32 Å². The molecule has 0 bridgehead atoms. The third kappa shape index (κ3) is 6.30. The second-order valence-electron chi connectivity index (χ2n) is 6.57. The van der Waals surface area contributed by atoms with Crippen molar-refractivity contribution in [1.82, 2.24) is 14.1 Å². The summed E-state index contributed by atoms with van der Waals surface area (Å²) in [6, 6.07) is 4.69. The number of carbonyl (C=O) groups is 2. The van der Waals surface area contributed by atoms with Gasteiger partial charge in [-0.2, -0.15) is 4.31 Å². The summed E-state index contributed by atoms with van der Waals surface area (Å²) in [7, 11) is 1.38. The van der Waals surface area contributed by atoms with Crippen LogP contribution in [-0.4, -0.2) is 81.7 Å². The average molecular weight is 399 g/mol. The van der Waals surface area contributed by atoms with Crippen molar-refractivity contribution in [2.45, 2.75) is 25.7 Å². The van der Waals surface area contributed by atoms with Gasteiger partial charge in [0.1, 0.15) is 0 Å². The molecular weight excluding hydrogens is 368 g/mol. The molecule has 0 atom stereocenters. The second kappa shape index (κ2) is 9.82. The van der Waals surface area contributed by atoms with Gasteiger partial charge >= 0.3 is 0 Å². The van der Waals surface area contributed by atoms with Crippen LogP contribution in [0, 0.1) is 6.92 Å². The SMILES string of the molecule is CCN(CC)S(=O)(=O)c1ccc(C)c(NC(=O)CN(C)CC(=O)N(C)C)c1. The highest BCUT2D eigenvalue weighted by Crippen LogP contribution is 2.23. The smallest absolute Gasteiger partial charge is 0.243 e. The first kappa shape index (κ1) is 23.1. The zero-order valence-corrected chi connectivity index (χ0v) is 17.8. The zero-order valence-electron chi connectivity index (χ0n) is 16.9. The maximum atomic E-state index is 12.7. The van der Waals surface area contributed by atoms with Gasteiger partial charge in [-0.05, 0) is 31.7 Å². The lowest BCUT2D eigenvalue weighted by Crippen LogP contribution is -2.38. The van der Waals surface area contributed by atoms with Gasteiger partial charge in [0.05, 0.1) is 18.0 Å². The summed E-state index contributed by atoms with van der Waals surface area (Å²) in [6.07, 6.45) is 0. The molecule has 0 saturated carbocycles. The van der Waals surface area contributed by atoms with Crippen LogP contribution in [-0.2, 0) is 19.6 Å². The number of likely N-dealkylation sites (N-methyl/N-ethyl adjacent to an activating group) is 2. The summed E-state index contributed by atoms with van der Waals surface area (Å²) >= 11 is 0. The molecule has 0 unspecified atom stereocenters. The van der Waals surface area contributed by atoms with Crippen molar-refractivity contribution < 1.29 is 18.0 Å². The van der Waals surface area contributed by atoms with Crippen LogP contribution in [0.5, 0.6) is 0 Å². The lowest BCUT2D eigenvalue weighted by molar-refractivity contribution is -0.130. The van der Waals surface area contributed by atoms with Gasteiger partial charge in [-0.3, -0.25) is 14.5 Å². The van der Waals surface area contributed by atoms with Crippen LogP contribution in [0.4, 0.5) is 5.69 Å². The molecule has 27 heavy (non-hydrogen) atoms. The number of nitrogens with one attached hydrogen (secondary N) is 1. The largest absolute Gasteiger partial charge is 0.348 e. The van der Waals surface area contributed by atoms with E-state index in [1.54, 1.807) is 58.9 Å². The monoisotopic (exact) mass is 398 g/mol. The van der Waals surface area contributed by atoms with Crippen molar-refractivity contribution in [1.29, 1.82) is 0 Å². The summed E-state index contributed by atoms with van der Waals surface area (Å²) < 4.78 is 26.7. The standard InChI is InChI=1S/C18H30N4O4S/c1-7-22(8-2)27(25,26)15-10-9-14(3)16(11-15)19-17(23)12-21(6)13-18(24)20(4)5/h9-11H,7-8,12-13H2,1-6H3,(H,19,23). The van der Waals surface area contributed by atoms with Gasteiger partial charge in [0.25, 0.3) is 0 Å². The van der Waals surface area contributed by atoms with E-state index in [4.69, 9.17) is 0 Å². The molecule has 0 aromatic heterocycles. The molecular formula is C18H30N4O4S. The van der Waals surface area contributed by atoms with Crippen LogP contribution >= 0.6 is 0 Å². The molecule has 1 N–H and O–H groups in total. The quantitative estimate of drug-likeness (QED) is 0.670. The molecule has 0 spiro atoms. The van der Waals surface area contributed by atoms with Crippen LogP contribution in [0.1, 0.15) is 19.4 Å². The van der Waals surface area contributed by atoms with Gasteiger partial charge in [-0.1, -0.05) is 19.9 Å². The third-order valence-corrected chi connectivity index (χ3v) is 6.19. The number of hydrogen-bond donors (Lipinski definition) is 1. The highest BCUT2D eigenvalue weighted by atomic mass is 32.2. The minimum Gasteiger partial charge on any atom is -0.348 e. The van der Waals surface area contributed by atoms with Gasteiger partial charge in [0.15, 0.2) is 0 Å².